The molecule has 11 N–H and O–H groups in total. The zero-order valence-corrected chi connectivity index (χ0v) is 12.7. The van der Waals surface area contributed by atoms with Gasteiger partial charge in [-0.3, -0.25) is 19.4 Å². The number of hydrogen-bond donors (Lipinski definition) is 7. The number of aliphatic imine (C=N–C) groups is 1. The molecule has 0 aromatic heterocycles. The summed E-state index contributed by atoms with van der Waals surface area (Å²) in [5, 5.41) is 24.7. The predicted octanol–water partition coefficient (Wildman–Crippen LogP) is -1.89. The van der Waals surface area contributed by atoms with Crippen LogP contribution in [0.3, 0.4) is 0 Å². The van der Waals surface area contributed by atoms with Crippen LogP contribution < -0.4 is 22.9 Å². The number of nitrogens with two attached hydrogens (primary N) is 4. The molecule has 0 spiro atoms. The van der Waals surface area contributed by atoms with Gasteiger partial charge in [0.2, 0.25) is 0 Å². The van der Waals surface area contributed by atoms with Crippen molar-refractivity contribution in [3.8, 4) is 0 Å². The van der Waals surface area contributed by atoms with E-state index >= 15 is 0 Å². The number of carbonyl (C=O) groups is 3. The smallest absolute Gasteiger partial charge is 0.320 e. The molecule has 0 unspecified atom stereocenters. The first-order chi connectivity index (χ1) is 10.6. The van der Waals surface area contributed by atoms with Crippen molar-refractivity contribution in [3.63, 3.8) is 0 Å². The van der Waals surface area contributed by atoms with Crippen molar-refractivity contribution in [1.82, 2.24) is 0 Å². The van der Waals surface area contributed by atoms with Crippen LogP contribution in [0.5, 0.6) is 0 Å². The Bertz CT molecular complexity index is 411. The molecule has 0 amide bonds. The average Bonchev–Trinajstić information content (AvgIpc) is 2.44. The fourth-order valence-corrected chi connectivity index (χ4v) is 1.21. The van der Waals surface area contributed by atoms with Crippen molar-refractivity contribution in [2.24, 2.45) is 27.9 Å². The van der Waals surface area contributed by atoms with E-state index in [2.05, 4.69) is 4.99 Å². The van der Waals surface area contributed by atoms with E-state index in [9.17, 15) is 14.4 Å². The first kappa shape index (κ1) is 22.9. The van der Waals surface area contributed by atoms with E-state index in [1.54, 1.807) is 0 Å². The molecule has 0 radical (unpaired) electrons. The lowest BCUT2D eigenvalue weighted by Crippen LogP contribution is -2.30. The van der Waals surface area contributed by atoms with Crippen LogP contribution in [0.4, 0.5) is 0 Å². The number of unbranched alkanes of at least 4 members (excludes halogenated alkanes) is 1. The van der Waals surface area contributed by atoms with E-state index in [-0.39, 0.29) is 18.8 Å². The van der Waals surface area contributed by atoms with Crippen LogP contribution in [-0.2, 0) is 14.4 Å². The normalized spacial score (nSPS) is 12.3. The number of rotatable bonds is 10. The fourth-order valence-electron chi connectivity index (χ4n) is 1.21. The molecule has 0 saturated heterocycles. The number of carboxylic acids is 3. The van der Waals surface area contributed by atoms with Crippen molar-refractivity contribution in [1.29, 1.82) is 0 Å². The lowest BCUT2D eigenvalue weighted by Gasteiger charge is -2.04. The second-order valence-electron chi connectivity index (χ2n) is 4.62. The molecule has 134 valence electrons. The largest absolute Gasteiger partial charge is 0.481 e. The van der Waals surface area contributed by atoms with Gasteiger partial charge in [-0.1, -0.05) is 0 Å². The highest BCUT2D eigenvalue weighted by molar-refractivity contribution is 5.75. The lowest BCUT2D eigenvalue weighted by atomic mass is 10.1. The van der Waals surface area contributed by atoms with Gasteiger partial charge in [0.05, 0.1) is 0 Å². The zero-order valence-electron chi connectivity index (χ0n) is 12.7. The van der Waals surface area contributed by atoms with E-state index in [1.165, 1.54) is 0 Å². The Morgan fingerprint density at radius 1 is 0.870 bits per heavy atom. The van der Waals surface area contributed by atoms with Crippen LogP contribution in [0.15, 0.2) is 4.99 Å². The summed E-state index contributed by atoms with van der Waals surface area (Å²) in [7, 11) is 0. The van der Waals surface area contributed by atoms with E-state index < -0.39 is 30.0 Å². The highest BCUT2D eigenvalue weighted by Gasteiger charge is 2.12. The van der Waals surface area contributed by atoms with Crippen LogP contribution in [0, 0.1) is 0 Å². The molecule has 2 atom stereocenters. The monoisotopic (exact) mass is 335 g/mol. The summed E-state index contributed by atoms with van der Waals surface area (Å²) < 4.78 is 0. The Morgan fingerprint density at radius 3 is 1.74 bits per heavy atom. The maximum atomic E-state index is 10.3. The SMILES string of the molecule is NC(N)=NCCCC[C@H](N)C(=O)O.N[C@@H](CCC(=O)O)C(=O)O. The van der Waals surface area contributed by atoms with Crippen molar-refractivity contribution in [2.75, 3.05) is 6.54 Å². The molecule has 0 aliphatic carbocycles. The molecule has 0 bridgehead atoms. The van der Waals surface area contributed by atoms with E-state index in [1.807, 2.05) is 0 Å². The van der Waals surface area contributed by atoms with Gasteiger partial charge < -0.3 is 38.3 Å². The molecule has 0 aliphatic heterocycles. The van der Waals surface area contributed by atoms with Crippen LogP contribution in [-0.4, -0.2) is 57.8 Å². The molecular formula is C12H25N5O6. The van der Waals surface area contributed by atoms with Crippen molar-refractivity contribution >= 4 is 23.9 Å². The average molecular weight is 335 g/mol. The van der Waals surface area contributed by atoms with Crippen LogP contribution in [0.25, 0.3) is 0 Å². The maximum Gasteiger partial charge on any atom is 0.320 e. The van der Waals surface area contributed by atoms with Crippen molar-refractivity contribution in [3.05, 3.63) is 0 Å². The van der Waals surface area contributed by atoms with Gasteiger partial charge in [0, 0.05) is 13.0 Å². The van der Waals surface area contributed by atoms with Crippen LogP contribution in [0.1, 0.15) is 32.1 Å². The number of hydrogen-bond acceptors (Lipinski definition) is 6. The zero-order chi connectivity index (χ0) is 18.4. The van der Waals surface area contributed by atoms with Gasteiger partial charge in [-0.05, 0) is 25.7 Å². The van der Waals surface area contributed by atoms with Gasteiger partial charge >= 0.3 is 17.9 Å². The molecule has 11 nitrogen and oxygen atoms in total. The van der Waals surface area contributed by atoms with Crippen LogP contribution in [0.2, 0.25) is 0 Å². The minimum absolute atomic E-state index is 0.0231. The van der Waals surface area contributed by atoms with Gasteiger partial charge in [-0.2, -0.15) is 0 Å². The third-order valence-electron chi connectivity index (χ3n) is 2.52. The minimum atomic E-state index is -1.17. The Balaban J connectivity index is 0. The first-order valence-corrected chi connectivity index (χ1v) is 6.81. The molecule has 0 aromatic rings. The number of aliphatic carboxylic acids is 3. The van der Waals surface area contributed by atoms with Gasteiger partial charge in [0.25, 0.3) is 0 Å². The third kappa shape index (κ3) is 17.5. The molecule has 0 aliphatic rings. The summed E-state index contributed by atoms with van der Waals surface area (Å²) in [5.41, 5.74) is 20.5. The Labute approximate surface area is 133 Å². The summed E-state index contributed by atoms with van der Waals surface area (Å²) >= 11 is 0. The topological polar surface area (TPSA) is 228 Å². The Hall–Kier alpha value is -2.40. The summed E-state index contributed by atoms with van der Waals surface area (Å²) in [5.74, 6) is -3.11. The molecular weight excluding hydrogens is 310 g/mol. The highest BCUT2D eigenvalue weighted by atomic mass is 16.4. The summed E-state index contributed by atoms with van der Waals surface area (Å²) in [6.45, 7) is 0.522. The second-order valence-corrected chi connectivity index (χ2v) is 4.62. The Morgan fingerprint density at radius 2 is 1.35 bits per heavy atom. The number of nitrogens with zero attached hydrogens (tertiary/aromatic N) is 1. The van der Waals surface area contributed by atoms with E-state index in [4.69, 9.17) is 38.3 Å². The van der Waals surface area contributed by atoms with Crippen LogP contribution >= 0.6 is 0 Å². The first-order valence-electron chi connectivity index (χ1n) is 6.81. The van der Waals surface area contributed by atoms with E-state index in [0.29, 0.717) is 19.4 Å². The fraction of sp³-hybridized carbons (Fsp3) is 0.667. The Kier molecular flexibility index (Phi) is 13.2. The third-order valence-corrected chi connectivity index (χ3v) is 2.52. The molecule has 0 heterocycles. The maximum absolute atomic E-state index is 10.3. The van der Waals surface area contributed by atoms with Crippen molar-refractivity contribution in [2.45, 2.75) is 44.2 Å². The number of carboxylic acid groups (broad SMARTS) is 3. The van der Waals surface area contributed by atoms with E-state index in [0.717, 1.165) is 6.42 Å². The quantitative estimate of drug-likeness (QED) is 0.133. The lowest BCUT2D eigenvalue weighted by molar-refractivity contribution is -0.140. The molecule has 0 saturated carbocycles. The highest BCUT2D eigenvalue weighted by Crippen LogP contribution is 1.99. The molecule has 0 fully saturated rings. The second kappa shape index (κ2) is 13.3. The number of guanidine groups is 1. The van der Waals surface area contributed by atoms with Gasteiger partial charge in [-0.25, -0.2) is 0 Å². The minimum Gasteiger partial charge on any atom is -0.481 e. The van der Waals surface area contributed by atoms with Crippen molar-refractivity contribution < 1.29 is 29.7 Å². The molecule has 0 rings (SSSR count). The van der Waals surface area contributed by atoms with Gasteiger partial charge in [0.1, 0.15) is 12.1 Å². The summed E-state index contributed by atoms with van der Waals surface area (Å²) in [6.07, 6.45) is 1.69. The van der Waals surface area contributed by atoms with Gasteiger partial charge in [0.15, 0.2) is 5.96 Å². The predicted molar refractivity (Wildman–Crippen MR) is 82.6 cm³/mol. The summed E-state index contributed by atoms with van der Waals surface area (Å²) in [6, 6.07) is -1.84. The molecule has 0 aromatic carbocycles. The summed E-state index contributed by atoms with van der Waals surface area (Å²) in [4.78, 5) is 33.9. The molecule has 23 heavy (non-hydrogen) atoms. The van der Waals surface area contributed by atoms with Gasteiger partial charge in [-0.15, -0.1) is 0 Å². The standard InChI is InChI=1S/C7H16N4O2.C5H9NO4/c8-5(6(12)13)3-1-2-4-11-7(9)10;6-3(5(9)10)1-2-4(7)8/h5H,1-4,8H2,(H,12,13)(H4,9,10,11);3H,1-2,6H2,(H,7,8)(H,9,10)/t5-;3-/m00/s1. The molecule has 11 heteroatoms.